The lowest BCUT2D eigenvalue weighted by atomic mass is 10.1. The molecular formula is C16H5ClN4. The topological polar surface area (TPSA) is 95.2 Å². The first-order chi connectivity index (χ1) is 10.2. The Balaban J connectivity index is 3.00. The largest absolute Gasteiger partial charge is 0.192 e. The minimum absolute atomic E-state index is 0.0314. The van der Waals surface area contributed by atoms with Crippen LogP contribution < -0.4 is 10.4 Å². The highest BCUT2D eigenvalue weighted by atomic mass is 35.5. The lowest BCUT2D eigenvalue weighted by Crippen LogP contribution is -2.03. The molecule has 0 saturated carbocycles. The molecule has 2 rings (SSSR count). The first-order valence-electron chi connectivity index (χ1n) is 5.73. The maximum absolute atomic E-state index is 8.99. The molecule has 21 heavy (non-hydrogen) atoms. The maximum atomic E-state index is 8.99. The zero-order chi connectivity index (χ0) is 15.4. The van der Waals surface area contributed by atoms with E-state index in [1.165, 1.54) is 6.07 Å². The first-order valence-corrected chi connectivity index (χ1v) is 6.11. The lowest BCUT2D eigenvalue weighted by molar-refractivity contribution is 1.50. The Hall–Kier alpha value is -3.31. The molecule has 0 spiro atoms. The first kappa shape index (κ1) is 14.1. The molecule has 0 aromatic carbocycles. The Bertz CT molecular complexity index is 959. The van der Waals surface area contributed by atoms with Crippen molar-refractivity contribution in [3.05, 3.63) is 45.8 Å². The second kappa shape index (κ2) is 5.77. The minimum Gasteiger partial charge on any atom is -0.192 e. The van der Waals surface area contributed by atoms with Gasteiger partial charge in [0.25, 0.3) is 0 Å². The smallest absolute Gasteiger partial charge is 0.137 e. The fourth-order valence-corrected chi connectivity index (χ4v) is 2.26. The molecule has 0 N–H and O–H groups in total. The van der Waals surface area contributed by atoms with Gasteiger partial charge in [-0.1, -0.05) is 29.8 Å². The third-order valence-corrected chi connectivity index (χ3v) is 3.27. The number of fused-ring (bicyclic) bond motifs is 1. The Morgan fingerprint density at radius 2 is 1.43 bits per heavy atom. The van der Waals surface area contributed by atoms with Crippen LogP contribution in [0.1, 0.15) is 0 Å². The molecule has 0 fully saturated rings. The van der Waals surface area contributed by atoms with Crippen LogP contribution in [0, 0.1) is 45.3 Å². The van der Waals surface area contributed by atoms with Crippen molar-refractivity contribution >= 4 is 22.7 Å². The van der Waals surface area contributed by atoms with E-state index in [-0.39, 0.29) is 11.1 Å². The van der Waals surface area contributed by atoms with Gasteiger partial charge in [0.1, 0.15) is 35.4 Å². The van der Waals surface area contributed by atoms with Gasteiger partial charge in [-0.3, -0.25) is 0 Å². The van der Waals surface area contributed by atoms with Crippen LogP contribution in [0.25, 0.3) is 22.3 Å². The highest BCUT2D eigenvalue weighted by molar-refractivity contribution is 6.34. The van der Waals surface area contributed by atoms with E-state index in [0.717, 1.165) is 0 Å². The van der Waals surface area contributed by atoms with Crippen LogP contribution in [0.4, 0.5) is 0 Å². The third-order valence-electron chi connectivity index (χ3n) is 2.95. The fourth-order valence-electron chi connectivity index (χ4n) is 2.00. The number of nitriles is 4. The summed E-state index contributed by atoms with van der Waals surface area (Å²) in [4.78, 5) is 0. The predicted octanol–water partition coefficient (Wildman–Crippen LogP) is 1.84. The molecule has 0 radical (unpaired) electrons. The highest BCUT2D eigenvalue weighted by Gasteiger charge is 2.12. The number of halogens is 1. The molecule has 5 heteroatoms. The zero-order valence-electron chi connectivity index (χ0n) is 10.6. The molecule has 0 heterocycles. The van der Waals surface area contributed by atoms with E-state index in [4.69, 9.17) is 32.6 Å². The number of rotatable bonds is 0. The van der Waals surface area contributed by atoms with Crippen molar-refractivity contribution in [2.24, 2.45) is 0 Å². The van der Waals surface area contributed by atoms with Crippen LogP contribution in [0.5, 0.6) is 0 Å². The van der Waals surface area contributed by atoms with Gasteiger partial charge in [-0.25, -0.2) is 0 Å². The Kier molecular flexibility index (Phi) is 3.87. The van der Waals surface area contributed by atoms with E-state index in [9.17, 15) is 0 Å². The molecule has 0 aromatic heterocycles. The average molecular weight is 289 g/mol. The van der Waals surface area contributed by atoms with Crippen molar-refractivity contribution in [2.45, 2.75) is 0 Å². The van der Waals surface area contributed by atoms with E-state index in [1.807, 2.05) is 24.3 Å². The normalized spacial score (nSPS) is 9.00. The SMILES string of the molecule is N#CC(C#N)=c1cccc2c(=C(C#N)C#N)cc(Cl)c-2c1. The quantitative estimate of drug-likeness (QED) is 0.739. The van der Waals surface area contributed by atoms with Gasteiger partial charge in [-0.2, -0.15) is 21.0 Å². The van der Waals surface area contributed by atoms with Crippen molar-refractivity contribution in [1.82, 2.24) is 0 Å². The third kappa shape index (κ3) is 2.41. The second-order valence-electron chi connectivity index (χ2n) is 4.06. The average Bonchev–Trinajstić information content (AvgIpc) is 2.67. The molecule has 2 aliphatic rings. The van der Waals surface area contributed by atoms with E-state index in [0.29, 0.717) is 26.6 Å². The van der Waals surface area contributed by atoms with Gasteiger partial charge < -0.3 is 0 Å². The van der Waals surface area contributed by atoms with E-state index < -0.39 is 0 Å². The maximum Gasteiger partial charge on any atom is 0.137 e. The zero-order valence-corrected chi connectivity index (χ0v) is 11.3. The summed E-state index contributed by atoms with van der Waals surface area (Å²) in [6.07, 6.45) is 0. The van der Waals surface area contributed by atoms with Crippen LogP contribution in [0.2, 0.25) is 5.02 Å². The van der Waals surface area contributed by atoms with Crippen molar-refractivity contribution in [1.29, 1.82) is 21.0 Å². The molecule has 0 saturated heterocycles. The predicted molar refractivity (Wildman–Crippen MR) is 76.6 cm³/mol. The summed E-state index contributed by atoms with van der Waals surface area (Å²) in [5.74, 6) is 0. The summed E-state index contributed by atoms with van der Waals surface area (Å²) in [5, 5.41) is 37.1. The standard InChI is InChI=1S/C16H5ClN4/c17-16-5-14(12(8-20)9-21)13-3-1-2-10(4-15(13)16)11(6-18)7-19/h1-5H. The van der Waals surface area contributed by atoms with Crippen LogP contribution in [-0.4, -0.2) is 0 Å². The Morgan fingerprint density at radius 3 is 2.00 bits per heavy atom. The molecule has 0 unspecified atom stereocenters. The number of hydrogen-bond acceptors (Lipinski definition) is 4. The van der Waals surface area contributed by atoms with E-state index >= 15 is 0 Å². The minimum atomic E-state index is -0.0376. The van der Waals surface area contributed by atoms with Crippen molar-refractivity contribution in [3.8, 4) is 35.4 Å². The summed E-state index contributed by atoms with van der Waals surface area (Å²) in [6.45, 7) is 0. The summed E-state index contributed by atoms with van der Waals surface area (Å²) < 4.78 is 0. The summed E-state index contributed by atoms with van der Waals surface area (Å²) in [6, 6.07) is 15.4. The molecule has 4 nitrogen and oxygen atoms in total. The highest BCUT2D eigenvalue weighted by Crippen LogP contribution is 2.26. The van der Waals surface area contributed by atoms with E-state index in [1.54, 1.807) is 24.3 Å². The van der Waals surface area contributed by atoms with E-state index in [2.05, 4.69) is 0 Å². The van der Waals surface area contributed by atoms with Gasteiger partial charge in [0.05, 0.1) is 0 Å². The fraction of sp³-hybridized carbons (Fsp3) is 0. The van der Waals surface area contributed by atoms with Gasteiger partial charge in [0.15, 0.2) is 0 Å². The molecule has 0 bridgehead atoms. The Labute approximate surface area is 125 Å². The van der Waals surface area contributed by atoms with Gasteiger partial charge in [0.2, 0.25) is 0 Å². The van der Waals surface area contributed by atoms with Crippen LogP contribution in [0.15, 0.2) is 30.3 Å². The molecular weight excluding hydrogens is 284 g/mol. The summed E-state index contributed by atoms with van der Waals surface area (Å²) in [5.41, 5.74) is 1.14. The van der Waals surface area contributed by atoms with Crippen LogP contribution in [-0.2, 0) is 0 Å². The van der Waals surface area contributed by atoms with Crippen LogP contribution >= 0.6 is 11.6 Å². The summed E-state index contributed by atoms with van der Waals surface area (Å²) in [7, 11) is 0. The molecule has 0 amide bonds. The van der Waals surface area contributed by atoms with Crippen molar-refractivity contribution in [3.63, 3.8) is 0 Å². The molecule has 2 aliphatic carbocycles. The lowest BCUT2D eigenvalue weighted by Gasteiger charge is -1.93. The number of nitrogens with zero attached hydrogens (tertiary/aromatic N) is 4. The molecule has 0 aromatic rings. The molecule has 96 valence electrons. The van der Waals surface area contributed by atoms with Gasteiger partial charge in [0, 0.05) is 21.0 Å². The molecule has 0 atom stereocenters. The van der Waals surface area contributed by atoms with Crippen molar-refractivity contribution < 1.29 is 0 Å². The van der Waals surface area contributed by atoms with Gasteiger partial charge >= 0.3 is 0 Å². The van der Waals surface area contributed by atoms with Crippen molar-refractivity contribution in [2.75, 3.05) is 0 Å². The van der Waals surface area contributed by atoms with Crippen LogP contribution in [0.3, 0.4) is 0 Å². The Morgan fingerprint density at radius 1 is 0.810 bits per heavy atom. The molecule has 0 aliphatic heterocycles. The monoisotopic (exact) mass is 288 g/mol. The number of hydrogen-bond donors (Lipinski definition) is 0. The van der Waals surface area contributed by atoms with Gasteiger partial charge in [-0.15, -0.1) is 0 Å². The van der Waals surface area contributed by atoms with Gasteiger partial charge in [-0.05, 0) is 17.7 Å². The summed E-state index contributed by atoms with van der Waals surface area (Å²) >= 11 is 6.15. The second-order valence-corrected chi connectivity index (χ2v) is 4.46.